The summed E-state index contributed by atoms with van der Waals surface area (Å²) in [4.78, 5) is 0. The summed E-state index contributed by atoms with van der Waals surface area (Å²) < 4.78 is 0. The van der Waals surface area contributed by atoms with Gasteiger partial charge in [-0.1, -0.05) is 109 Å². The van der Waals surface area contributed by atoms with Crippen LogP contribution in [0.3, 0.4) is 0 Å². The topological polar surface area (TPSA) is 0 Å². The minimum absolute atomic E-state index is 0.821. The highest BCUT2D eigenvalue weighted by Crippen LogP contribution is 2.19. The summed E-state index contributed by atoms with van der Waals surface area (Å²) in [6, 6.07) is 37.4. The molecule has 0 radical (unpaired) electrons. The van der Waals surface area contributed by atoms with E-state index in [1.165, 1.54) is 33.1 Å². The zero-order chi connectivity index (χ0) is 18.3. The third kappa shape index (κ3) is 4.32. The number of unbranched alkanes of at least 4 members (excludes halogenated alkanes) is 1. The monoisotopic (exact) mass is 364 g/mol. The highest BCUT2D eigenvalue weighted by Gasteiger charge is 2.05. The lowest BCUT2D eigenvalue weighted by molar-refractivity contribution is 0.884. The Hall–Kier alpha value is -2.77. The van der Waals surface area contributed by atoms with Gasteiger partial charge in [0.05, 0.1) is 8.41 Å². The predicted molar refractivity (Wildman–Crippen MR) is 121 cm³/mol. The molecule has 4 rings (SSSR count). The molecule has 0 fully saturated rings. The second kappa shape index (κ2) is 8.74. The van der Waals surface area contributed by atoms with E-state index < -0.39 is 8.41 Å². The molecule has 4 aromatic rings. The van der Waals surface area contributed by atoms with Crippen LogP contribution in [0.1, 0.15) is 18.4 Å². The molecule has 0 saturated heterocycles. The fourth-order valence-electron chi connectivity index (χ4n) is 3.69. The van der Waals surface area contributed by atoms with E-state index in [1.807, 2.05) is 0 Å². The van der Waals surface area contributed by atoms with Crippen LogP contribution in [0.15, 0.2) is 103 Å². The van der Waals surface area contributed by atoms with Crippen molar-refractivity contribution in [2.75, 3.05) is 0 Å². The van der Waals surface area contributed by atoms with Gasteiger partial charge in [-0.25, -0.2) is 0 Å². The number of fused-ring (bicyclic) bond motifs is 1. The molecule has 0 unspecified atom stereocenters. The van der Waals surface area contributed by atoms with E-state index in [4.69, 9.17) is 0 Å². The molecule has 0 aromatic heterocycles. The van der Waals surface area contributed by atoms with Crippen molar-refractivity contribution in [3.05, 3.63) is 109 Å². The van der Waals surface area contributed by atoms with Crippen LogP contribution in [0.4, 0.5) is 0 Å². The Kier molecular flexibility index (Phi) is 5.71. The molecule has 27 heavy (non-hydrogen) atoms. The molecule has 0 bridgehead atoms. The number of benzene rings is 4. The number of hydrogen-bond donors (Lipinski definition) is 0. The first kappa shape index (κ1) is 17.6. The van der Waals surface area contributed by atoms with Crippen LogP contribution in [-0.2, 0) is 6.42 Å². The van der Waals surface area contributed by atoms with Gasteiger partial charge in [-0.2, -0.15) is 0 Å². The summed E-state index contributed by atoms with van der Waals surface area (Å²) in [5.41, 5.74) is 4.05. The smallest absolute Gasteiger partial charge is 0.0760 e. The summed E-state index contributed by atoms with van der Waals surface area (Å²) in [7, 11) is -0.821. The van der Waals surface area contributed by atoms with Crippen LogP contribution in [0.5, 0.6) is 0 Å². The average molecular weight is 365 g/mol. The Morgan fingerprint density at radius 3 is 1.89 bits per heavy atom. The van der Waals surface area contributed by atoms with Crippen LogP contribution in [0.25, 0.3) is 10.8 Å². The maximum absolute atomic E-state index is 2.58. The molecule has 4 aromatic carbocycles. The van der Waals surface area contributed by atoms with Gasteiger partial charge in [-0.15, -0.1) is 0 Å². The van der Waals surface area contributed by atoms with E-state index in [2.05, 4.69) is 109 Å². The summed E-state index contributed by atoms with van der Waals surface area (Å²) in [5, 5.41) is 5.69. The van der Waals surface area contributed by atoms with Crippen molar-refractivity contribution in [2.45, 2.75) is 19.3 Å². The second-order valence-electron chi connectivity index (χ2n) is 6.88. The average Bonchev–Trinajstić information content (AvgIpc) is 2.75. The van der Waals surface area contributed by atoms with Gasteiger partial charge >= 0.3 is 0 Å². The molecule has 0 amide bonds. The quantitative estimate of drug-likeness (QED) is 0.339. The molecular formula is C26H24Si. The molecule has 132 valence electrons. The molecule has 0 heterocycles. The summed E-state index contributed by atoms with van der Waals surface area (Å²) in [6.07, 6.45) is 3.49. The maximum Gasteiger partial charge on any atom is 0.0760 e. The van der Waals surface area contributed by atoms with E-state index in [9.17, 15) is 0 Å². The summed E-state index contributed by atoms with van der Waals surface area (Å²) in [6.45, 7) is 0. The fraction of sp³-hybridized carbons (Fsp3) is 0.115. The van der Waals surface area contributed by atoms with Gasteiger partial charge in [-0.05, 0) is 46.0 Å². The van der Waals surface area contributed by atoms with E-state index in [0.29, 0.717) is 0 Å². The molecule has 0 spiro atoms. The number of aryl methyl sites for hydroxylation is 1. The second-order valence-corrected chi connectivity index (χ2v) is 9.27. The largest absolute Gasteiger partial charge is 0.0953 e. The van der Waals surface area contributed by atoms with Crippen molar-refractivity contribution in [2.24, 2.45) is 0 Å². The maximum atomic E-state index is 2.58. The third-order valence-electron chi connectivity index (χ3n) is 5.05. The van der Waals surface area contributed by atoms with Gasteiger partial charge in [0.1, 0.15) is 0 Å². The molecule has 0 aliphatic rings. The number of hydrogen-bond acceptors (Lipinski definition) is 0. The van der Waals surface area contributed by atoms with Crippen LogP contribution in [-0.4, -0.2) is 14.1 Å². The zero-order valence-corrected chi connectivity index (χ0v) is 16.5. The molecule has 0 N–H and O–H groups in total. The van der Waals surface area contributed by atoms with Gasteiger partial charge in [-0.3, -0.25) is 0 Å². The summed E-state index contributed by atoms with van der Waals surface area (Å²) >= 11 is 0. The molecule has 0 atom stereocenters. The Bertz CT molecular complexity index is 986. The molecule has 0 aliphatic heterocycles. The zero-order valence-electron chi connectivity index (χ0n) is 15.5. The van der Waals surface area contributed by atoms with Crippen molar-refractivity contribution in [1.29, 1.82) is 0 Å². The fourth-order valence-corrected chi connectivity index (χ4v) is 6.09. The van der Waals surface area contributed by atoms with Gasteiger partial charge < -0.3 is 0 Å². The van der Waals surface area contributed by atoms with Crippen LogP contribution in [0, 0.1) is 0 Å². The third-order valence-corrected chi connectivity index (χ3v) is 7.66. The number of rotatable bonds is 6. The first-order valence-corrected chi connectivity index (χ1v) is 11.3. The van der Waals surface area contributed by atoms with Crippen LogP contribution in [0.2, 0.25) is 0 Å². The van der Waals surface area contributed by atoms with E-state index >= 15 is 0 Å². The molecule has 0 aliphatic carbocycles. The Morgan fingerprint density at radius 2 is 1.19 bits per heavy atom. The minimum atomic E-state index is -0.821. The lowest BCUT2D eigenvalue weighted by Gasteiger charge is -2.09. The Morgan fingerprint density at radius 1 is 0.593 bits per heavy atom. The van der Waals surface area contributed by atoms with Crippen molar-refractivity contribution in [1.82, 2.24) is 0 Å². The Labute approximate surface area is 163 Å². The highest BCUT2D eigenvalue weighted by atomic mass is 28.2. The van der Waals surface area contributed by atoms with Gasteiger partial charge in [0, 0.05) is 0 Å². The SMILES string of the molecule is C(CCCc1cccc2ccccc12)=[Si](c1ccccc1)c1ccccc1. The minimum Gasteiger partial charge on any atom is -0.0953 e. The van der Waals surface area contributed by atoms with Crippen molar-refractivity contribution in [3.8, 4) is 0 Å². The lowest BCUT2D eigenvalue weighted by atomic mass is 10.0. The van der Waals surface area contributed by atoms with Gasteiger partial charge in [0.2, 0.25) is 0 Å². The van der Waals surface area contributed by atoms with Crippen molar-refractivity contribution in [3.63, 3.8) is 0 Å². The van der Waals surface area contributed by atoms with Crippen molar-refractivity contribution < 1.29 is 0 Å². The van der Waals surface area contributed by atoms with Crippen molar-refractivity contribution >= 4 is 35.2 Å². The molecular weight excluding hydrogens is 340 g/mol. The standard InChI is InChI=1S/C26H24Si/c1-3-16-24(17-4-1)27(25-18-5-2-6-19-25)21-10-9-13-23-15-11-14-22-12-7-8-20-26(22)23/h1-8,11-12,14-21H,9-10,13H2. The predicted octanol–water partition coefficient (Wildman–Crippen LogP) is 4.86. The molecule has 0 saturated carbocycles. The summed E-state index contributed by atoms with van der Waals surface area (Å²) in [5.74, 6) is 0. The van der Waals surface area contributed by atoms with Gasteiger partial charge in [0.15, 0.2) is 0 Å². The van der Waals surface area contributed by atoms with E-state index in [-0.39, 0.29) is 0 Å². The molecule has 1 heteroatoms. The van der Waals surface area contributed by atoms with E-state index in [0.717, 1.165) is 12.8 Å². The first-order chi connectivity index (χ1) is 13.4. The van der Waals surface area contributed by atoms with E-state index in [1.54, 1.807) is 0 Å². The van der Waals surface area contributed by atoms with Crippen LogP contribution >= 0.6 is 0 Å². The van der Waals surface area contributed by atoms with Crippen LogP contribution < -0.4 is 10.4 Å². The lowest BCUT2D eigenvalue weighted by Crippen LogP contribution is -2.36. The Balaban J connectivity index is 1.52. The highest BCUT2D eigenvalue weighted by molar-refractivity contribution is 6.88. The van der Waals surface area contributed by atoms with Gasteiger partial charge in [0.25, 0.3) is 0 Å². The normalized spacial score (nSPS) is 10.7. The first-order valence-electron chi connectivity index (χ1n) is 9.69. The molecule has 0 nitrogen and oxygen atoms in total.